The molecule has 1 aromatic rings. The van der Waals surface area contributed by atoms with Gasteiger partial charge in [0.2, 0.25) is 5.91 Å². The van der Waals surface area contributed by atoms with E-state index in [2.05, 4.69) is 14.8 Å². The fourth-order valence-corrected chi connectivity index (χ4v) is 1.50. The standard InChI is InChI=1S/C14H16N2O5/c1-20-13(18)8-11(14(19)21-2)16-10-5-3-9(4-6-10)7-12(15)17/h3-6,8,16H,7H2,1-2H3,(H2,15,17)/b11-8+. The van der Waals surface area contributed by atoms with Crippen LogP contribution in [-0.4, -0.2) is 32.1 Å². The summed E-state index contributed by atoms with van der Waals surface area (Å²) in [5, 5.41) is 2.75. The third kappa shape index (κ3) is 5.35. The number of rotatable bonds is 6. The molecule has 0 aliphatic heterocycles. The number of methoxy groups -OCH3 is 2. The highest BCUT2D eigenvalue weighted by Gasteiger charge is 2.12. The summed E-state index contributed by atoms with van der Waals surface area (Å²) in [4.78, 5) is 33.6. The maximum atomic E-state index is 11.6. The van der Waals surface area contributed by atoms with Crippen LogP contribution in [0.25, 0.3) is 0 Å². The van der Waals surface area contributed by atoms with Gasteiger partial charge in [-0.15, -0.1) is 0 Å². The Labute approximate surface area is 121 Å². The van der Waals surface area contributed by atoms with E-state index in [0.717, 1.165) is 11.6 Å². The normalized spacial score (nSPS) is 10.7. The van der Waals surface area contributed by atoms with Crippen LogP contribution in [0.1, 0.15) is 5.56 Å². The molecule has 1 rings (SSSR count). The van der Waals surface area contributed by atoms with Crippen LogP contribution in [0.3, 0.4) is 0 Å². The number of esters is 2. The Morgan fingerprint density at radius 3 is 2.24 bits per heavy atom. The first-order valence-corrected chi connectivity index (χ1v) is 5.98. The SMILES string of the molecule is COC(=O)/C=C(/Nc1ccc(CC(N)=O)cc1)C(=O)OC. The van der Waals surface area contributed by atoms with E-state index in [-0.39, 0.29) is 12.1 Å². The summed E-state index contributed by atoms with van der Waals surface area (Å²) < 4.78 is 9.03. The van der Waals surface area contributed by atoms with E-state index in [1.54, 1.807) is 24.3 Å². The fraction of sp³-hybridized carbons (Fsp3) is 0.214. The summed E-state index contributed by atoms with van der Waals surface area (Å²) in [5.74, 6) is -1.83. The average Bonchev–Trinajstić information content (AvgIpc) is 2.46. The van der Waals surface area contributed by atoms with Gasteiger partial charge in [0.05, 0.1) is 26.7 Å². The highest BCUT2D eigenvalue weighted by molar-refractivity contribution is 5.98. The van der Waals surface area contributed by atoms with Crippen LogP contribution >= 0.6 is 0 Å². The van der Waals surface area contributed by atoms with E-state index >= 15 is 0 Å². The number of ether oxygens (including phenoxy) is 2. The maximum absolute atomic E-state index is 11.6. The molecule has 0 aliphatic rings. The van der Waals surface area contributed by atoms with Gasteiger partial charge in [-0.1, -0.05) is 12.1 Å². The second kappa shape index (κ2) is 7.68. The summed E-state index contributed by atoms with van der Waals surface area (Å²) in [5.41, 5.74) is 6.32. The Bertz CT molecular complexity index is 563. The highest BCUT2D eigenvalue weighted by Crippen LogP contribution is 2.13. The lowest BCUT2D eigenvalue weighted by Crippen LogP contribution is -2.16. The van der Waals surface area contributed by atoms with Gasteiger partial charge in [-0.05, 0) is 17.7 Å². The smallest absolute Gasteiger partial charge is 0.354 e. The zero-order chi connectivity index (χ0) is 15.8. The number of primary amides is 1. The molecule has 0 saturated heterocycles. The number of benzene rings is 1. The number of carbonyl (C=O) groups excluding carboxylic acids is 3. The first kappa shape index (κ1) is 16.2. The van der Waals surface area contributed by atoms with Crippen LogP contribution in [0, 0.1) is 0 Å². The van der Waals surface area contributed by atoms with Gasteiger partial charge in [-0.25, -0.2) is 9.59 Å². The number of nitrogens with one attached hydrogen (secondary N) is 1. The van der Waals surface area contributed by atoms with Crippen molar-refractivity contribution in [1.82, 2.24) is 0 Å². The molecule has 7 nitrogen and oxygen atoms in total. The third-order valence-corrected chi connectivity index (χ3v) is 2.48. The Hall–Kier alpha value is -2.83. The summed E-state index contributed by atoms with van der Waals surface area (Å²) >= 11 is 0. The van der Waals surface area contributed by atoms with Crippen LogP contribution < -0.4 is 11.1 Å². The number of nitrogens with two attached hydrogens (primary N) is 1. The van der Waals surface area contributed by atoms with Crippen molar-refractivity contribution in [3.8, 4) is 0 Å². The molecule has 0 saturated carbocycles. The highest BCUT2D eigenvalue weighted by atomic mass is 16.5. The molecule has 0 heterocycles. The summed E-state index contributed by atoms with van der Waals surface area (Å²) in [6.07, 6.45) is 1.12. The average molecular weight is 292 g/mol. The van der Waals surface area contributed by atoms with Crippen LogP contribution in [-0.2, 0) is 30.3 Å². The van der Waals surface area contributed by atoms with E-state index < -0.39 is 17.8 Å². The molecule has 0 aromatic heterocycles. The molecule has 1 amide bonds. The molecule has 3 N–H and O–H groups in total. The van der Waals surface area contributed by atoms with Crippen molar-refractivity contribution in [2.75, 3.05) is 19.5 Å². The number of anilines is 1. The van der Waals surface area contributed by atoms with Gasteiger partial charge in [0.1, 0.15) is 5.70 Å². The zero-order valence-electron chi connectivity index (χ0n) is 11.7. The molecule has 0 radical (unpaired) electrons. The molecule has 0 atom stereocenters. The van der Waals surface area contributed by atoms with E-state index in [4.69, 9.17) is 5.73 Å². The molecule has 1 aromatic carbocycles. The Kier molecular flexibility index (Phi) is 5.94. The minimum atomic E-state index is -0.707. The quantitative estimate of drug-likeness (QED) is 0.579. The number of carbonyl (C=O) groups is 3. The second-order valence-corrected chi connectivity index (χ2v) is 4.04. The van der Waals surface area contributed by atoms with Gasteiger partial charge in [-0.3, -0.25) is 4.79 Å². The molecule has 0 spiro atoms. The predicted octanol–water partition coefficient (Wildman–Crippen LogP) is 0.356. The Morgan fingerprint density at radius 2 is 1.76 bits per heavy atom. The summed E-state index contributed by atoms with van der Waals surface area (Å²) in [6, 6.07) is 6.65. The molecule has 0 unspecified atom stereocenters. The summed E-state index contributed by atoms with van der Waals surface area (Å²) in [7, 11) is 2.40. The maximum Gasteiger partial charge on any atom is 0.354 e. The lowest BCUT2D eigenvalue weighted by atomic mass is 10.1. The molecular weight excluding hydrogens is 276 g/mol. The molecule has 21 heavy (non-hydrogen) atoms. The van der Waals surface area contributed by atoms with E-state index in [1.165, 1.54) is 14.2 Å². The largest absolute Gasteiger partial charge is 0.466 e. The second-order valence-electron chi connectivity index (χ2n) is 4.04. The molecule has 0 aliphatic carbocycles. The number of hydrogen-bond acceptors (Lipinski definition) is 6. The van der Waals surface area contributed by atoms with Crippen LogP contribution in [0.2, 0.25) is 0 Å². The zero-order valence-corrected chi connectivity index (χ0v) is 11.7. The van der Waals surface area contributed by atoms with Crippen molar-refractivity contribution in [3.05, 3.63) is 41.6 Å². The van der Waals surface area contributed by atoms with Crippen molar-refractivity contribution in [1.29, 1.82) is 0 Å². The first-order chi connectivity index (χ1) is 9.96. The van der Waals surface area contributed by atoms with Gasteiger partial charge in [-0.2, -0.15) is 0 Å². The van der Waals surface area contributed by atoms with Gasteiger partial charge in [0.15, 0.2) is 0 Å². The minimum absolute atomic E-state index is 0.0630. The number of amides is 1. The predicted molar refractivity (Wildman–Crippen MR) is 75.1 cm³/mol. The van der Waals surface area contributed by atoms with Crippen molar-refractivity contribution in [2.45, 2.75) is 6.42 Å². The van der Waals surface area contributed by atoms with Crippen LogP contribution in [0.5, 0.6) is 0 Å². The van der Waals surface area contributed by atoms with E-state index in [1.807, 2.05) is 0 Å². The lowest BCUT2D eigenvalue weighted by molar-refractivity contribution is -0.138. The number of hydrogen-bond donors (Lipinski definition) is 2. The van der Waals surface area contributed by atoms with Crippen molar-refractivity contribution >= 4 is 23.5 Å². The third-order valence-electron chi connectivity index (χ3n) is 2.48. The van der Waals surface area contributed by atoms with Crippen molar-refractivity contribution in [3.63, 3.8) is 0 Å². The van der Waals surface area contributed by atoms with Gasteiger partial charge >= 0.3 is 11.9 Å². The first-order valence-electron chi connectivity index (χ1n) is 5.98. The van der Waals surface area contributed by atoms with Crippen LogP contribution in [0.4, 0.5) is 5.69 Å². The molecule has 112 valence electrons. The topological polar surface area (TPSA) is 108 Å². The van der Waals surface area contributed by atoms with Gasteiger partial charge < -0.3 is 20.5 Å². The van der Waals surface area contributed by atoms with Gasteiger partial charge in [0.25, 0.3) is 0 Å². The monoisotopic (exact) mass is 292 g/mol. The van der Waals surface area contributed by atoms with Crippen molar-refractivity contribution < 1.29 is 23.9 Å². The molecular formula is C14H16N2O5. The molecule has 0 fully saturated rings. The fourth-order valence-electron chi connectivity index (χ4n) is 1.50. The minimum Gasteiger partial charge on any atom is -0.466 e. The molecule has 7 heteroatoms. The van der Waals surface area contributed by atoms with Crippen molar-refractivity contribution in [2.24, 2.45) is 5.73 Å². The van der Waals surface area contributed by atoms with E-state index in [9.17, 15) is 14.4 Å². The molecule has 0 bridgehead atoms. The van der Waals surface area contributed by atoms with Crippen LogP contribution in [0.15, 0.2) is 36.0 Å². The Balaban J connectivity index is 2.88. The summed E-state index contributed by atoms with van der Waals surface area (Å²) in [6.45, 7) is 0. The van der Waals surface area contributed by atoms with E-state index in [0.29, 0.717) is 5.69 Å². The Morgan fingerprint density at radius 1 is 1.14 bits per heavy atom. The lowest BCUT2D eigenvalue weighted by Gasteiger charge is -2.09. The van der Waals surface area contributed by atoms with Gasteiger partial charge in [0, 0.05) is 5.69 Å².